The van der Waals surface area contributed by atoms with Crippen LogP contribution in [0, 0.1) is 0 Å². The smallest absolute Gasteiger partial charge is 0.311 e. The topological polar surface area (TPSA) is 52.1 Å². The Bertz CT molecular complexity index is 287. The summed E-state index contributed by atoms with van der Waals surface area (Å²) >= 11 is 3.15. The lowest BCUT2D eigenvalue weighted by atomic mass is 10.3. The maximum Gasteiger partial charge on any atom is 0.311 e. The van der Waals surface area contributed by atoms with Crippen molar-refractivity contribution in [3.63, 3.8) is 0 Å². The van der Waals surface area contributed by atoms with Crippen LogP contribution in [0.25, 0.3) is 0 Å². The van der Waals surface area contributed by atoms with E-state index in [1.807, 2.05) is 0 Å². The van der Waals surface area contributed by atoms with Crippen LogP contribution < -0.4 is 0 Å². The monoisotopic (exact) mass is 244 g/mol. The third-order valence-corrected chi connectivity index (χ3v) is 1.71. The standard InChI is InChI=1S/C8H9BrN2O2/c1-2-13-8(12)3-6-4-11-7(9)5-10-6/h4-5H,2-3H2,1H3. The maximum atomic E-state index is 11.0. The van der Waals surface area contributed by atoms with Gasteiger partial charge in [-0.15, -0.1) is 0 Å². The van der Waals surface area contributed by atoms with E-state index in [2.05, 4.69) is 25.9 Å². The number of aromatic nitrogens is 2. The molecule has 1 rings (SSSR count). The molecule has 0 amide bonds. The fourth-order valence-electron chi connectivity index (χ4n) is 0.790. The van der Waals surface area contributed by atoms with Crippen molar-refractivity contribution in [2.45, 2.75) is 13.3 Å². The van der Waals surface area contributed by atoms with Gasteiger partial charge in [0.2, 0.25) is 0 Å². The van der Waals surface area contributed by atoms with E-state index in [9.17, 15) is 4.79 Å². The molecule has 4 nitrogen and oxygen atoms in total. The fraction of sp³-hybridized carbons (Fsp3) is 0.375. The lowest BCUT2D eigenvalue weighted by molar-refractivity contribution is -0.142. The molecule has 0 saturated heterocycles. The predicted octanol–water partition coefficient (Wildman–Crippen LogP) is 1.34. The number of esters is 1. The molecule has 0 fully saturated rings. The Morgan fingerprint density at radius 2 is 2.31 bits per heavy atom. The molecule has 0 radical (unpaired) electrons. The molecule has 13 heavy (non-hydrogen) atoms. The van der Waals surface area contributed by atoms with E-state index < -0.39 is 0 Å². The summed E-state index contributed by atoms with van der Waals surface area (Å²) in [5, 5.41) is 0. The quantitative estimate of drug-likeness (QED) is 0.754. The van der Waals surface area contributed by atoms with Crippen LogP contribution in [0.4, 0.5) is 0 Å². The zero-order chi connectivity index (χ0) is 9.68. The number of halogens is 1. The maximum absolute atomic E-state index is 11.0. The third-order valence-electron chi connectivity index (χ3n) is 1.30. The van der Waals surface area contributed by atoms with E-state index in [-0.39, 0.29) is 12.4 Å². The van der Waals surface area contributed by atoms with Crippen LogP contribution in [0.5, 0.6) is 0 Å². The number of nitrogens with zero attached hydrogens (tertiary/aromatic N) is 2. The highest BCUT2D eigenvalue weighted by Crippen LogP contribution is 2.03. The molecule has 1 aromatic heterocycles. The van der Waals surface area contributed by atoms with E-state index >= 15 is 0 Å². The molecule has 0 aliphatic heterocycles. The van der Waals surface area contributed by atoms with Gasteiger partial charge >= 0.3 is 5.97 Å². The predicted molar refractivity (Wildman–Crippen MR) is 50.1 cm³/mol. The molecule has 0 aromatic carbocycles. The number of carbonyl (C=O) groups is 1. The average molecular weight is 245 g/mol. The SMILES string of the molecule is CCOC(=O)Cc1cnc(Br)cn1. The largest absolute Gasteiger partial charge is 0.466 e. The second-order valence-corrected chi connectivity index (χ2v) is 3.12. The number of rotatable bonds is 3. The molecule has 0 N–H and O–H groups in total. The molecule has 0 aliphatic carbocycles. The first-order valence-electron chi connectivity index (χ1n) is 3.84. The van der Waals surface area contributed by atoms with Crippen LogP contribution in [-0.2, 0) is 16.0 Å². The van der Waals surface area contributed by atoms with Gasteiger partial charge in [-0.05, 0) is 22.9 Å². The van der Waals surface area contributed by atoms with Crippen LogP contribution in [-0.4, -0.2) is 22.5 Å². The van der Waals surface area contributed by atoms with Crippen LogP contribution in [0.3, 0.4) is 0 Å². The molecule has 0 atom stereocenters. The van der Waals surface area contributed by atoms with Gasteiger partial charge in [-0.2, -0.15) is 0 Å². The molecule has 5 heteroatoms. The average Bonchev–Trinajstić information content (AvgIpc) is 2.09. The summed E-state index contributed by atoms with van der Waals surface area (Å²) in [4.78, 5) is 18.9. The van der Waals surface area contributed by atoms with Crippen molar-refractivity contribution in [1.29, 1.82) is 0 Å². The number of ether oxygens (including phenoxy) is 1. The van der Waals surface area contributed by atoms with E-state index in [1.165, 1.54) is 0 Å². The first-order chi connectivity index (χ1) is 6.22. The molecular weight excluding hydrogens is 236 g/mol. The highest BCUT2D eigenvalue weighted by atomic mass is 79.9. The minimum absolute atomic E-state index is 0.175. The van der Waals surface area contributed by atoms with Crippen molar-refractivity contribution < 1.29 is 9.53 Å². The van der Waals surface area contributed by atoms with Gasteiger partial charge < -0.3 is 4.74 Å². The zero-order valence-electron chi connectivity index (χ0n) is 7.16. The van der Waals surface area contributed by atoms with Gasteiger partial charge in [-0.3, -0.25) is 9.78 Å². The van der Waals surface area contributed by atoms with E-state index in [0.29, 0.717) is 16.9 Å². The zero-order valence-corrected chi connectivity index (χ0v) is 8.74. The van der Waals surface area contributed by atoms with Crippen LogP contribution >= 0.6 is 15.9 Å². The van der Waals surface area contributed by atoms with Gasteiger partial charge in [0.15, 0.2) is 0 Å². The lowest BCUT2D eigenvalue weighted by Gasteiger charge is -2.00. The Labute approximate surface area is 84.5 Å². The van der Waals surface area contributed by atoms with E-state index in [4.69, 9.17) is 4.74 Å². The van der Waals surface area contributed by atoms with Gasteiger partial charge in [0.05, 0.1) is 31.1 Å². The van der Waals surface area contributed by atoms with Crippen molar-refractivity contribution >= 4 is 21.9 Å². The Hall–Kier alpha value is -0.970. The second-order valence-electron chi connectivity index (χ2n) is 2.31. The molecule has 70 valence electrons. The summed E-state index contributed by atoms with van der Waals surface area (Å²) < 4.78 is 5.41. The van der Waals surface area contributed by atoms with Crippen molar-refractivity contribution in [1.82, 2.24) is 9.97 Å². The second kappa shape index (κ2) is 4.91. The van der Waals surface area contributed by atoms with Gasteiger partial charge in [0.1, 0.15) is 4.60 Å². The van der Waals surface area contributed by atoms with E-state index in [0.717, 1.165) is 0 Å². The van der Waals surface area contributed by atoms with Gasteiger partial charge in [0.25, 0.3) is 0 Å². The highest BCUT2D eigenvalue weighted by molar-refractivity contribution is 9.10. The number of hydrogen-bond acceptors (Lipinski definition) is 4. The first kappa shape index (κ1) is 10.1. The molecule has 0 aliphatic rings. The molecule has 0 saturated carbocycles. The minimum atomic E-state index is -0.279. The molecular formula is C8H9BrN2O2. The van der Waals surface area contributed by atoms with Crippen LogP contribution in [0.1, 0.15) is 12.6 Å². The Morgan fingerprint density at radius 1 is 1.54 bits per heavy atom. The Kier molecular flexibility index (Phi) is 3.82. The lowest BCUT2D eigenvalue weighted by Crippen LogP contribution is -2.08. The molecule has 0 bridgehead atoms. The molecule has 0 unspecified atom stereocenters. The van der Waals surface area contributed by atoms with Crippen molar-refractivity contribution in [3.8, 4) is 0 Å². The number of carbonyl (C=O) groups excluding carboxylic acids is 1. The molecule has 1 heterocycles. The van der Waals surface area contributed by atoms with Crippen molar-refractivity contribution in [2.24, 2.45) is 0 Å². The highest BCUT2D eigenvalue weighted by Gasteiger charge is 2.04. The third kappa shape index (κ3) is 3.50. The summed E-state index contributed by atoms with van der Waals surface area (Å²) in [7, 11) is 0. The first-order valence-corrected chi connectivity index (χ1v) is 4.63. The summed E-state index contributed by atoms with van der Waals surface area (Å²) in [6.07, 6.45) is 3.27. The molecule has 0 spiro atoms. The van der Waals surface area contributed by atoms with E-state index in [1.54, 1.807) is 19.3 Å². The summed E-state index contributed by atoms with van der Waals surface area (Å²) in [6, 6.07) is 0. The summed E-state index contributed by atoms with van der Waals surface area (Å²) in [5.74, 6) is -0.279. The Balaban J connectivity index is 2.54. The van der Waals surface area contributed by atoms with Crippen LogP contribution in [0.2, 0.25) is 0 Å². The normalized spacial score (nSPS) is 9.69. The fourth-order valence-corrected chi connectivity index (χ4v) is 0.995. The van der Waals surface area contributed by atoms with Crippen molar-refractivity contribution in [3.05, 3.63) is 22.7 Å². The molecule has 1 aromatic rings. The number of hydrogen-bond donors (Lipinski definition) is 0. The summed E-state index contributed by atoms with van der Waals surface area (Å²) in [5.41, 5.74) is 0.613. The minimum Gasteiger partial charge on any atom is -0.466 e. The van der Waals surface area contributed by atoms with Gasteiger partial charge in [0, 0.05) is 0 Å². The van der Waals surface area contributed by atoms with Crippen LogP contribution in [0.15, 0.2) is 17.0 Å². The summed E-state index contributed by atoms with van der Waals surface area (Å²) in [6.45, 7) is 2.16. The van der Waals surface area contributed by atoms with Gasteiger partial charge in [-0.1, -0.05) is 0 Å². The Morgan fingerprint density at radius 3 is 2.85 bits per heavy atom. The van der Waals surface area contributed by atoms with Gasteiger partial charge in [-0.25, -0.2) is 4.98 Å². The van der Waals surface area contributed by atoms with Crippen molar-refractivity contribution in [2.75, 3.05) is 6.61 Å².